The molecule has 0 fully saturated rings. The van der Waals surface area contributed by atoms with Gasteiger partial charge in [0.1, 0.15) is 0 Å². The SMILES string of the molecule is CC[C@@H](C=N)[C@@H](C)CN=CN. The standard InChI is InChI=1S/C8H17N3/c1-3-8(4-9)7(2)5-11-6-10/h4,6-9H,3,5H2,1-2H3,(H2,10,11)/t7-,8-/m0/s1. The molecule has 0 saturated heterocycles. The van der Waals surface area contributed by atoms with E-state index in [0.29, 0.717) is 11.8 Å². The van der Waals surface area contributed by atoms with E-state index in [4.69, 9.17) is 11.1 Å². The second-order valence-electron chi connectivity index (χ2n) is 2.73. The first-order valence-corrected chi connectivity index (χ1v) is 3.96. The minimum atomic E-state index is 0.346. The lowest BCUT2D eigenvalue weighted by molar-refractivity contribution is 0.459. The molecule has 0 rings (SSSR count). The van der Waals surface area contributed by atoms with Crippen LogP contribution in [0.4, 0.5) is 0 Å². The van der Waals surface area contributed by atoms with Crippen molar-refractivity contribution >= 4 is 12.6 Å². The Balaban J connectivity index is 3.77. The Kier molecular flexibility index (Phi) is 5.43. The highest BCUT2D eigenvalue weighted by molar-refractivity contribution is 5.57. The molecule has 0 saturated carbocycles. The van der Waals surface area contributed by atoms with Gasteiger partial charge in [-0.15, -0.1) is 0 Å². The Labute approximate surface area is 68.2 Å². The van der Waals surface area contributed by atoms with Crippen LogP contribution in [-0.4, -0.2) is 19.1 Å². The molecule has 0 aromatic heterocycles. The van der Waals surface area contributed by atoms with Gasteiger partial charge < -0.3 is 11.1 Å². The van der Waals surface area contributed by atoms with Crippen molar-refractivity contribution < 1.29 is 0 Å². The van der Waals surface area contributed by atoms with Crippen molar-refractivity contribution in [2.24, 2.45) is 22.6 Å². The number of hydrogen-bond acceptors (Lipinski definition) is 2. The second kappa shape index (κ2) is 5.89. The first-order valence-electron chi connectivity index (χ1n) is 3.96. The molecule has 0 aliphatic rings. The molecule has 0 aromatic carbocycles. The lowest BCUT2D eigenvalue weighted by atomic mass is 9.93. The van der Waals surface area contributed by atoms with Crippen LogP contribution in [-0.2, 0) is 0 Å². The molecule has 2 atom stereocenters. The third kappa shape index (κ3) is 3.75. The smallest absolute Gasteiger partial charge is 0.0797 e. The van der Waals surface area contributed by atoms with Crippen molar-refractivity contribution in [3.05, 3.63) is 0 Å². The number of nitrogens with two attached hydrogens (primary N) is 1. The van der Waals surface area contributed by atoms with Crippen molar-refractivity contribution in [3.63, 3.8) is 0 Å². The monoisotopic (exact) mass is 155 g/mol. The van der Waals surface area contributed by atoms with E-state index < -0.39 is 0 Å². The molecule has 0 amide bonds. The topological polar surface area (TPSA) is 62.2 Å². The van der Waals surface area contributed by atoms with Crippen LogP contribution in [0.25, 0.3) is 0 Å². The summed E-state index contributed by atoms with van der Waals surface area (Å²) in [5, 5.41) is 7.12. The lowest BCUT2D eigenvalue weighted by Crippen LogP contribution is -2.15. The Morgan fingerprint density at radius 1 is 1.64 bits per heavy atom. The minimum absolute atomic E-state index is 0.346. The predicted molar refractivity (Wildman–Crippen MR) is 49.3 cm³/mol. The molecule has 0 aromatic rings. The van der Waals surface area contributed by atoms with Crippen LogP contribution in [0.1, 0.15) is 20.3 Å². The second-order valence-corrected chi connectivity index (χ2v) is 2.73. The van der Waals surface area contributed by atoms with Gasteiger partial charge in [0.15, 0.2) is 0 Å². The summed E-state index contributed by atoms with van der Waals surface area (Å²) in [5.41, 5.74) is 5.11. The van der Waals surface area contributed by atoms with Crippen LogP contribution in [0, 0.1) is 17.2 Å². The van der Waals surface area contributed by atoms with E-state index in [1.165, 1.54) is 12.6 Å². The molecule has 0 unspecified atom stereocenters. The molecule has 11 heavy (non-hydrogen) atoms. The molecule has 0 bridgehead atoms. The van der Waals surface area contributed by atoms with Crippen LogP contribution in [0.15, 0.2) is 4.99 Å². The largest absolute Gasteiger partial charge is 0.390 e. The van der Waals surface area contributed by atoms with Gasteiger partial charge >= 0.3 is 0 Å². The van der Waals surface area contributed by atoms with E-state index in [1.807, 2.05) is 0 Å². The molecule has 3 nitrogen and oxygen atoms in total. The summed E-state index contributed by atoms with van der Waals surface area (Å²) >= 11 is 0. The maximum absolute atomic E-state index is 7.12. The van der Waals surface area contributed by atoms with Crippen LogP contribution in [0.3, 0.4) is 0 Å². The highest BCUT2D eigenvalue weighted by Crippen LogP contribution is 2.12. The van der Waals surface area contributed by atoms with Crippen LogP contribution < -0.4 is 5.73 Å². The molecule has 0 aliphatic carbocycles. The normalized spacial score (nSPS) is 16.5. The number of rotatable bonds is 5. The third-order valence-corrected chi connectivity index (χ3v) is 1.92. The predicted octanol–water partition coefficient (Wildman–Crippen LogP) is 1.29. The molecule has 64 valence electrons. The van der Waals surface area contributed by atoms with Crippen molar-refractivity contribution in [3.8, 4) is 0 Å². The third-order valence-electron chi connectivity index (χ3n) is 1.92. The fourth-order valence-corrected chi connectivity index (χ4v) is 1.05. The Morgan fingerprint density at radius 3 is 2.64 bits per heavy atom. The maximum Gasteiger partial charge on any atom is 0.0797 e. The average molecular weight is 155 g/mol. The zero-order valence-corrected chi connectivity index (χ0v) is 7.25. The van der Waals surface area contributed by atoms with Gasteiger partial charge in [0.05, 0.1) is 6.34 Å². The van der Waals surface area contributed by atoms with E-state index in [0.717, 1.165) is 13.0 Å². The molecule has 0 heterocycles. The van der Waals surface area contributed by atoms with Crippen LogP contribution in [0.5, 0.6) is 0 Å². The quantitative estimate of drug-likeness (QED) is 0.456. The van der Waals surface area contributed by atoms with Gasteiger partial charge in [0, 0.05) is 6.54 Å². The molecule has 3 heteroatoms. The summed E-state index contributed by atoms with van der Waals surface area (Å²) in [7, 11) is 0. The summed E-state index contributed by atoms with van der Waals surface area (Å²) < 4.78 is 0. The Hall–Kier alpha value is -0.860. The van der Waals surface area contributed by atoms with Gasteiger partial charge in [-0.25, -0.2) is 0 Å². The summed E-state index contributed by atoms with van der Waals surface area (Å²) in [6, 6.07) is 0. The molecule has 0 spiro atoms. The van der Waals surface area contributed by atoms with Gasteiger partial charge in [-0.3, -0.25) is 4.99 Å². The van der Waals surface area contributed by atoms with E-state index >= 15 is 0 Å². The van der Waals surface area contributed by atoms with Gasteiger partial charge in [-0.05, 0) is 24.5 Å². The van der Waals surface area contributed by atoms with E-state index in [1.54, 1.807) is 0 Å². The van der Waals surface area contributed by atoms with Crippen molar-refractivity contribution in [2.45, 2.75) is 20.3 Å². The number of nitrogens with one attached hydrogen (secondary N) is 1. The lowest BCUT2D eigenvalue weighted by Gasteiger charge is -2.15. The minimum Gasteiger partial charge on any atom is -0.390 e. The zero-order chi connectivity index (χ0) is 8.69. The van der Waals surface area contributed by atoms with Gasteiger partial charge in [0.25, 0.3) is 0 Å². The highest BCUT2D eigenvalue weighted by Gasteiger charge is 2.10. The number of hydrogen-bond donors (Lipinski definition) is 2. The summed E-state index contributed by atoms with van der Waals surface area (Å²) in [6.07, 6.45) is 3.83. The van der Waals surface area contributed by atoms with Crippen molar-refractivity contribution in [1.82, 2.24) is 0 Å². The summed E-state index contributed by atoms with van der Waals surface area (Å²) in [6.45, 7) is 4.90. The molecule has 0 radical (unpaired) electrons. The Bertz CT molecular complexity index is 131. The first kappa shape index (κ1) is 10.1. The fourth-order valence-electron chi connectivity index (χ4n) is 1.05. The maximum atomic E-state index is 7.12. The number of aliphatic imine (C=N–C) groups is 1. The zero-order valence-electron chi connectivity index (χ0n) is 7.25. The van der Waals surface area contributed by atoms with Crippen LogP contribution >= 0.6 is 0 Å². The summed E-state index contributed by atoms with van der Waals surface area (Å²) in [4.78, 5) is 3.94. The van der Waals surface area contributed by atoms with Crippen LogP contribution in [0.2, 0.25) is 0 Å². The molecule has 0 aliphatic heterocycles. The van der Waals surface area contributed by atoms with E-state index in [2.05, 4.69) is 18.8 Å². The van der Waals surface area contributed by atoms with Crippen molar-refractivity contribution in [1.29, 1.82) is 5.41 Å². The first-order chi connectivity index (χ1) is 5.26. The summed E-state index contributed by atoms with van der Waals surface area (Å²) in [5.74, 6) is 0.774. The highest BCUT2D eigenvalue weighted by atomic mass is 14.8. The van der Waals surface area contributed by atoms with Crippen molar-refractivity contribution in [2.75, 3.05) is 6.54 Å². The number of nitrogens with zero attached hydrogens (tertiary/aromatic N) is 1. The molecular formula is C8H17N3. The Morgan fingerprint density at radius 2 is 2.27 bits per heavy atom. The van der Waals surface area contributed by atoms with E-state index in [9.17, 15) is 0 Å². The fraction of sp³-hybridized carbons (Fsp3) is 0.750. The van der Waals surface area contributed by atoms with Gasteiger partial charge in [-0.1, -0.05) is 13.8 Å². The molecule has 3 N–H and O–H groups in total. The van der Waals surface area contributed by atoms with Gasteiger partial charge in [0.2, 0.25) is 0 Å². The average Bonchev–Trinajstić information content (AvgIpc) is 2.03. The van der Waals surface area contributed by atoms with E-state index in [-0.39, 0.29) is 0 Å². The molecular weight excluding hydrogens is 138 g/mol. The van der Waals surface area contributed by atoms with Gasteiger partial charge in [-0.2, -0.15) is 0 Å².